The van der Waals surface area contributed by atoms with E-state index in [0.717, 1.165) is 12.2 Å². The Morgan fingerprint density at radius 1 is 1.23 bits per heavy atom. The van der Waals surface area contributed by atoms with E-state index < -0.39 is 0 Å². The highest BCUT2D eigenvalue weighted by atomic mass is 35.5. The molecule has 0 fully saturated rings. The summed E-state index contributed by atoms with van der Waals surface area (Å²) >= 11 is 5.71. The van der Waals surface area contributed by atoms with Crippen molar-refractivity contribution < 1.29 is 4.79 Å². The minimum absolute atomic E-state index is 0.0221. The largest absolute Gasteiger partial charge is 0.344 e. The fourth-order valence-electron chi connectivity index (χ4n) is 3.53. The number of anilines is 1. The molecule has 3 heteroatoms. The van der Waals surface area contributed by atoms with Crippen LogP contribution in [-0.4, -0.2) is 18.2 Å². The molecule has 0 unspecified atom stereocenters. The van der Waals surface area contributed by atoms with E-state index in [1.807, 2.05) is 0 Å². The Balaban J connectivity index is 2.31. The molecule has 0 N–H and O–H groups in total. The number of carbonyl (C=O) groups excluding carboxylic acids is 1. The molecule has 0 aliphatic carbocycles. The Labute approximate surface area is 136 Å². The average molecular weight is 314 g/mol. The lowest BCUT2D eigenvalue weighted by molar-refractivity contribution is -0.112. The van der Waals surface area contributed by atoms with Gasteiger partial charge in [-0.05, 0) is 29.3 Å². The molecule has 1 aliphatic rings. The van der Waals surface area contributed by atoms with Crippen LogP contribution in [0.25, 0.3) is 10.8 Å². The third-order valence-corrected chi connectivity index (χ3v) is 4.76. The molecule has 0 amide bonds. The summed E-state index contributed by atoms with van der Waals surface area (Å²) in [5, 5.41) is 2.49. The first-order valence-corrected chi connectivity index (χ1v) is 8.15. The molecular formula is C19H20ClNO. The maximum atomic E-state index is 11.9. The van der Waals surface area contributed by atoms with Gasteiger partial charge in [-0.25, -0.2) is 0 Å². The number of allylic oxidation sites excluding steroid dienone is 2. The minimum atomic E-state index is -0.214. The highest BCUT2D eigenvalue weighted by Crippen LogP contribution is 2.50. The van der Waals surface area contributed by atoms with Crippen LogP contribution in [0, 0.1) is 0 Å². The van der Waals surface area contributed by atoms with Gasteiger partial charge in [-0.2, -0.15) is 0 Å². The van der Waals surface area contributed by atoms with Crippen molar-refractivity contribution in [2.75, 3.05) is 17.3 Å². The Kier molecular flexibility index (Phi) is 3.73. The van der Waals surface area contributed by atoms with Crippen molar-refractivity contribution in [3.63, 3.8) is 0 Å². The third-order valence-electron chi connectivity index (χ3n) is 4.50. The molecule has 3 rings (SSSR count). The number of hydrogen-bond donors (Lipinski definition) is 0. The van der Waals surface area contributed by atoms with Gasteiger partial charge in [0.25, 0.3) is 0 Å². The standard InChI is InChI=1S/C19H20ClNO/c1-4-21-16-10-9-13-7-5-6-8-15(13)18(16)19(2,3)17(21)11-14(22)12-20/h5-11H,4,12H2,1-3H3/b17-11-. The van der Waals surface area contributed by atoms with Gasteiger partial charge in [-0.1, -0.05) is 44.2 Å². The van der Waals surface area contributed by atoms with Gasteiger partial charge in [0, 0.05) is 29.4 Å². The zero-order valence-corrected chi connectivity index (χ0v) is 13.9. The SMILES string of the molecule is CCN1/C(=C\C(=O)CCl)C(C)(C)c2c1ccc1ccccc21. The number of fused-ring (bicyclic) bond motifs is 3. The molecule has 114 valence electrons. The smallest absolute Gasteiger partial charge is 0.172 e. The van der Waals surface area contributed by atoms with Crippen LogP contribution in [0.5, 0.6) is 0 Å². The number of halogens is 1. The summed E-state index contributed by atoms with van der Waals surface area (Å²) in [6.07, 6.45) is 1.71. The zero-order chi connectivity index (χ0) is 15.9. The maximum absolute atomic E-state index is 11.9. The van der Waals surface area contributed by atoms with E-state index in [1.54, 1.807) is 6.08 Å². The van der Waals surface area contributed by atoms with Gasteiger partial charge in [0.1, 0.15) is 0 Å². The molecule has 0 saturated carbocycles. The number of alkyl halides is 1. The summed E-state index contributed by atoms with van der Waals surface area (Å²) in [6.45, 7) is 7.30. The van der Waals surface area contributed by atoms with Crippen molar-refractivity contribution in [2.24, 2.45) is 0 Å². The third kappa shape index (κ3) is 2.14. The lowest BCUT2D eigenvalue weighted by Gasteiger charge is -2.26. The summed E-state index contributed by atoms with van der Waals surface area (Å²) in [6, 6.07) is 12.7. The van der Waals surface area contributed by atoms with Gasteiger partial charge in [0.05, 0.1) is 5.88 Å². The summed E-state index contributed by atoms with van der Waals surface area (Å²) < 4.78 is 0. The van der Waals surface area contributed by atoms with E-state index in [-0.39, 0.29) is 17.1 Å². The van der Waals surface area contributed by atoms with Crippen molar-refractivity contribution in [2.45, 2.75) is 26.2 Å². The predicted octanol–water partition coefficient (Wildman–Crippen LogP) is 4.65. The molecule has 2 nitrogen and oxygen atoms in total. The van der Waals surface area contributed by atoms with Gasteiger partial charge >= 0.3 is 0 Å². The number of hydrogen-bond acceptors (Lipinski definition) is 2. The molecule has 0 spiro atoms. The quantitative estimate of drug-likeness (QED) is 0.607. The van der Waals surface area contributed by atoms with Crippen molar-refractivity contribution >= 4 is 33.8 Å². The van der Waals surface area contributed by atoms with Gasteiger partial charge in [0.15, 0.2) is 5.78 Å². The molecule has 2 aromatic carbocycles. The van der Waals surface area contributed by atoms with E-state index in [2.05, 4.69) is 62.1 Å². The second-order valence-corrected chi connectivity index (χ2v) is 6.45. The second kappa shape index (κ2) is 5.44. The van der Waals surface area contributed by atoms with Crippen LogP contribution in [0.2, 0.25) is 0 Å². The molecule has 0 bridgehead atoms. The number of nitrogens with zero attached hydrogens (tertiary/aromatic N) is 1. The molecule has 1 heterocycles. The Morgan fingerprint density at radius 3 is 2.64 bits per heavy atom. The Morgan fingerprint density at radius 2 is 1.95 bits per heavy atom. The van der Waals surface area contributed by atoms with Crippen LogP contribution in [0.1, 0.15) is 26.3 Å². The molecule has 0 aromatic heterocycles. The Hall–Kier alpha value is -1.80. The summed E-state index contributed by atoms with van der Waals surface area (Å²) in [5.74, 6) is -0.0193. The fourth-order valence-corrected chi connectivity index (χ4v) is 3.60. The summed E-state index contributed by atoms with van der Waals surface area (Å²) in [7, 11) is 0. The van der Waals surface area contributed by atoms with Crippen LogP contribution in [0.4, 0.5) is 5.69 Å². The number of rotatable bonds is 3. The molecule has 0 saturated heterocycles. The van der Waals surface area contributed by atoms with Crippen molar-refractivity contribution in [3.8, 4) is 0 Å². The molecular weight excluding hydrogens is 294 g/mol. The Bertz CT molecular complexity index is 776. The highest BCUT2D eigenvalue weighted by molar-refractivity contribution is 6.29. The molecule has 0 radical (unpaired) electrons. The van der Waals surface area contributed by atoms with Crippen LogP contribution in [0.15, 0.2) is 48.2 Å². The minimum Gasteiger partial charge on any atom is -0.344 e. The lowest BCUT2D eigenvalue weighted by Crippen LogP contribution is -2.27. The number of benzene rings is 2. The zero-order valence-electron chi connectivity index (χ0n) is 13.2. The molecule has 0 atom stereocenters. The topological polar surface area (TPSA) is 20.3 Å². The number of carbonyl (C=O) groups is 1. The average Bonchev–Trinajstić information content (AvgIpc) is 2.74. The number of ketones is 1. The summed E-state index contributed by atoms with van der Waals surface area (Å²) in [4.78, 5) is 14.1. The van der Waals surface area contributed by atoms with Gasteiger partial charge in [0.2, 0.25) is 0 Å². The van der Waals surface area contributed by atoms with E-state index in [0.29, 0.717) is 0 Å². The fraction of sp³-hybridized carbons (Fsp3) is 0.316. The lowest BCUT2D eigenvalue weighted by atomic mass is 9.81. The monoisotopic (exact) mass is 313 g/mol. The van der Waals surface area contributed by atoms with Gasteiger partial charge in [-0.3, -0.25) is 4.79 Å². The van der Waals surface area contributed by atoms with Gasteiger partial charge in [-0.15, -0.1) is 11.6 Å². The molecule has 22 heavy (non-hydrogen) atoms. The first-order chi connectivity index (χ1) is 10.5. The maximum Gasteiger partial charge on any atom is 0.172 e. The van der Waals surface area contributed by atoms with Gasteiger partial charge < -0.3 is 4.90 Å². The van der Waals surface area contributed by atoms with Crippen LogP contribution in [-0.2, 0) is 10.2 Å². The van der Waals surface area contributed by atoms with Crippen molar-refractivity contribution in [1.29, 1.82) is 0 Å². The van der Waals surface area contributed by atoms with Crippen LogP contribution < -0.4 is 4.90 Å². The second-order valence-electron chi connectivity index (χ2n) is 6.18. The van der Waals surface area contributed by atoms with E-state index >= 15 is 0 Å². The van der Waals surface area contributed by atoms with Crippen molar-refractivity contribution in [3.05, 3.63) is 53.7 Å². The normalized spacial score (nSPS) is 18.0. The van der Waals surface area contributed by atoms with E-state index in [4.69, 9.17) is 11.6 Å². The van der Waals surface area contributed by atoms with Crippen LogP contribution >= 0.6 is 11.6 Å². The van der Waals surface area contributed by atoms with Crippen LogP contribution in [0.3, 0.4) is 0 Å². The first-order valence-electron chi connectivity index (χ1n) is 7.61. The number of likely N-dealkylation sites (N-methyl/N-ethyl adjacent to an activating group) is 1. The predicted molar refractivity (Wildman–Crippen MR) is 93.8 cm³/mol. The molecule has 2 aromatic rings. The van der Waals surface area contributed by atoms with Crippen molar-refractivity contribution in [1.82, 2.24) is 0 Å². The summed E-state index contributed by atoms with van der Waals surface area (Å²) in [5.41, 5.74) is 3.31. The van der Waals surface area contributed by atoms with E-state index in [1.165, 1.54) is 22.0 Å². The molecule has 1 aliphatic heterocycles. The highest BCUT2D eigenvalue weighted by Gasteiger charge is 2.40. The van der Waals surface area contributed by atoms with E-state index in [9.17, 15) is 4.79 Å². The first kappa shape index (κ1) is 15.1.